The summed E-state index contributed by atoms with van der Waals surface area (Å²) in [4.78, 5) is 16.7. The molecule has 0 saturated heterocycles. The number of nitrogens with one attached hydrogen (secondary N) is 1. The van der Waals surface area contributed by atoms with E-state index in [1.165, 1.54) is 6.26 Å². The number of carbonyl (C=O) groups is 1. The average Bonchev–Trinajstić information content (AvgIpc) is 3.11. The first-order chi connectivity index (χ1) is 12.7. The summed E-state index contributed by atoms with van der Waals surface area (Å²) in [5.74, 6) is 1.36. The molecule has 132 valence electrons. The zero-order chi connectivity index (χ0) is 17.9. The molecule has 1 aliphatic rings. The predicted molar refractivity (Wildman–Crippen MR) is 96.7 cm³/mol. The van der Waals surface area contributed by atoms with Crippen LogP contribution in [0.15, 0.2) is 53.1 Å². The molecule has 2 aromatic carbocycles. The molecule has 0 fully saturated rings. The highest BCUT2D eigenvalue weighted by Crippen LogP contribution is 2.38. The van der Waals surface area contributed by atoms with Crippen molar-refractivity contribution >= 4 is 23.2 Å². The van der Waals surface area contributed by atoms with E-state index in [1.54, 1.807) is 12.1 Å². The van der Waals surface area contributed by atoms with Gasteiger partial charge in [-0.15, -0.1) is 0 Å². The van der Waals surface area contributed by atoms with Gasteiger partial charge in [-0.2, -0.15) is 0 Å². The van der Waals surface area contributed by atoms with Gasteiger partial charge in [0.2, 0.25) is 11.8 Å². The second-order valence-corrected chi connectivity index (χ2v) is 6.12. The van der Waals surface area contributed by atoms with Crippen LogP contribution in [-0.2, 0) is 11.2 Å². The monoisotopic (exact) mass is 370 g/mol. The third-order valence-electron chi connectivity index (χ3n) is 3.82. The molecule has 26 heavy (non-hydrogen) atoms. The van der Waals surface area contributed by atoms with E-state index in [2.05, 4.69) is 10.3 Å². The van der Waals surface area contributed by atoms with Gasteiger partial charge in [-0.05, 0) is 12.1 Å². The van der Waals surface area contributed by atoms with E-state index in [4.69, 9.17) is 25.5 Å². The van der Waals surface area contributed by atoms with E-state index in [0.717, 1.165) is 5.56 Å². The van der Waals surface area contributed by atoms with E-state index < -0.39 is 0 Å². The van der Waals surface area contributed by atoms with Crippen molar-refractivity contribution < 1.29 is 18.7 Å². The van der Waals surface area contributed by atoms with Crippen LogP contribution in [-0.4, -0.2) is 24.1 Å². The fourth-order valence-corrected chi connectivity index (χ4v) is 2.82. The fourth-order valence-electron chi connectivity index (χ4n) is 2.62. The van der Waals surface area contributed by atoms with Gasteiger partial charge in [-0.25, -0.2) is 4.98 Å². The summed E-state index contributed by atoms with van der Waals surface area (Å²) in [6, 6.07) is 12.8. The second-order valence-electron chi connectivity index (χ2n) is 5.71. The normalized spacial score (nSPS) is 12.7. The first-order valence-electron chi connectivity index (χ1n) is 8.08. The minimum Gasteiger partial charge on any atom is -0.486 e. The summed E-state index contributed by atoms with van der Waals surface area (Å²) in [6.45, 7) is 0.939. The van der Waals surface area contributed by atoms with Crippen molar-refractivity contribution in [2.45, 2.75) is 6.42 Å². The number of ether oxygens (including phenoxy) is 2. The molecule has 7 heteroatoms. The Hall–Kier alpha value is -2.99. The van der Waals surface area contributed by atoms with Gasteiger partial charge in [0.05, 0.1) is 22.8 Å². The first-order valence-corrected chi connectivity index (χ1v) is 8.45. The van der Waals surface area contributed by atoms with Crippen LogP contribution in [0.5, 0.6) is 11.5 Å². The van der Waals surface area contributed by atoms with Crippen LogP contribution in [0, 0.1) is 0 Å². The van der Waals surface area contributed by atoms with Crippen LogP contribution in [0.4, 0.5) is 5.69 Å². The lowest BCUT2D eigenvalue weighted by Crippen LogP contribution is -2.17. The Bertz CT molecular complexity index is 940. The number of carbonyl (C=O) groups excluding carboxylic acids is 1. The molecule has 0 radical (unpaired) electrons. The first kappa shape index (κ1) is 16.5. The Morgan fingerprint density at radius 2 is 1.85 bits per heavy atom. The molecule has 0 saturated carbocycles. The summed E-state index contributed by atoms with van der Waals surface area (Å²) in [6.07, 6.45) is 1.55. The number of rotatable bonds is 4. The van der Waals surface area contributed by atoms with E-state index in [9.17, 15) is 4.79 Å². The molecule has 1 amide bonds. The van der Waals surface area contributed by atoms with Gasteiger partial charge in [-0.3, -0.25) is 4.79 Å². The summed E-state index contributed by atoms with van der Waals surface area (Å²) in [5.41, 5.74) is 1.86. The smallest absolute Gasteiger partial charge is 0.230 e. The van der Waals surface area contributed by atoms with Crippen LogP contribution in [0.25, 0.3) is 11.5 Å². The van der Waals surface area contributed by atoms with Gasteiger partial charge < -0.3 is 19.2 Å². The van der Waals surface area contributed by atoms with Crippen molar-refractivity contribution in [1.82, 2.24) is 4.98 Å². The summed E-state index contributed by atoms with van der Waals surface area (Å²) < 4.78 is 16.4. The summed E-state index contributed by atoms with van der Waals surface area (Å²) in [7, 11) is 0. The summed E-state index contributed by atoms with van der Waals surface area (Å²) in [5, 5.41) is 3.15. The van der Waals surface area contributed by atoms with Crippen molar-refractivity contribution in [1.29, 1.82) is 0 Å². The summed E-state index contributed by atoms with van der Waals surface area (Å²) >= 11 is 6.21. The lowest BCUT2D eigenvalue weighted by molar-refractivity contribution is -0.115. The van der Waals surface area contributed by atoms with Crippen LogP contribution in [0.3, 0.4) is 0 Å². The standard InChI is InChI=1S/C19H15ClN2O4/c20-14-9-16-17(25-7-6-24-16)10-15(14)22-18(23)8-13-11-26-19(21-13)12-4-2-1-3-5-12/h1-5,9-11H,6-8H2,(H,22,23). The maximum atomic E-state index is 12.3. The molecule has 1 N–H and O–H groups in total. The Morgan fingerprint density at radius 3 is 2.62 bits per heavy atom. The molecular formula is C19H15ClN2O4. The van der Waals surface area contributed by atoms with Gasteiger partial charge in [0, 0.05) is 17.7 Å². The molecule has 0 aliphatic carbocycles. The van der Waals surface area contributed by atoms with E-state index >= 15 is 0 Å². The number of anilines is 1. The molecule has 0 unspecified atom stereocenters. The number of aromatic nitrogens is 1. The molecule has 4 rings (SSSR count). The number of oxazole rings is 1. The van der Waals surface area contributed by atoms with Gasteiger partial charge >= 0.3 is 0 Å². The highest BCUT2D eigenvalue weighted by Gasteiger charge is 2.17. The zero-order valence-corrected chi connectivity index (χ0v) is 14.5. The number of nitrogens with zero attached hydrogens (tertiary/aromatic N) is 1. The molecule has 6 nitrogen and oxygen atoms in total. The topological polar surface area (TPSA) is 73.6 Å². The number of amides is 1. The predicted octanol–water partition coefficient (Wildman–Crippen LogP) is 3.95. The van der Waals surface area contributed by atoms with E-state index in [1.807, 2.05) is 30.3 Å². The number of fused-ring (bicyclic) bond motifs is 1. The minimum atomic E-state index is -0.253. The molecule has 0 spiro atoms. The lowest BCUT2D eigenvalue weighted by Gasteiger charge is -2.19. The molecule has 1 aliphatic heterocycles. The van der Waals surface area contributed by atoms with Crippen molar-refractivity contribution in [3.8, 4) is 23.0 Å². The van der Waals surface area contributed by atoms with Crippen LogP contribution < -0.4 is 14.8 Å². The Morgan fingerprint density at radius 1 is 1.12 bits per heavy atom. The van der Waals surface area contributed by atoms with E-state index in [0.29, 0.717) is 47.0 Å². The number of benzene rings is 2. The average molecular weight is 371 g/mol. The highest BCUT2D eigenvalue weighted by atomic mass is 35.5. The molecule has 2 heterocycles. The number of hydrogen-bond acceptors (Lipinski definition) is 5. The second kappa shape index (κ2) is 7.09. The third-order valence-corrected chi connectivity index (χ3v) is 4.13. The van der Waals surface area contributed by atoms with Gasteiger partial charge in [0.15, 0.2) is 11.5 Å². The SMILES string of the molecule is O=C(Cc1coc(-c2ccccc2)n1)Nc1cc2c(cc1Cl)OCCO2. The fraction of sp³-hybridized carbons (Fsp3) is 0.158. The Labute approximate surface area is 154 Å². The van der Waals surface area contributed by atoms with Crippen molar-refractivity contribution in [2.24, 2.45) is 0 Å². The van der Waals surface area contributed by atoms with E-state index in [-0.39, 0.29) is 12.3 Å². The van der Waals surface area contributed by atoms with Gasteiger partial charge in [0.25, 0.3) is 0 Å². The van der Waals surface area contributed by atoms with Crippen molar-refractivity contribution in [3.05, 3.63) is 59.4 Å². The number of halogens is 1. The molecule has 0 atom stereocenters. The zero-order valence-electron chi connectivity index (χ0n) is 13.7. The maximum absolute atomic E-state index is 12.3. The highest BCUT2D eigenvalue weighted by molar-refractivity contribution is 6.34. The van der Waals surface area contributed by atoms with Crippen LogP contribution >= 0.6 is 11.6 Å². The van der Waals surface area contributed by atoms with Crippen LogP contribution in [0.2, 0.25) is 5.02 Å². The maximum Gasteiger partial charge on any atom is 0.230 e. The minimum absolute atomic E-state index is 0.0705. The quantitative estimate of drug-likeness (QED) is 0.752. The Balaban J connectivity index is 1.45. The molecule has 0 bridgehead atoms. The number of hydrogen-bond donors (Lipinski definition) is 1. The Kier molecular flexibility index (Phi) is 4.50. The lowest BCUT2D eigenvalue weighted by atomic mass is 10.2. The molecule has 3 aromatic rings. The van der Waals surface area contributed by atoms with Crippen molar-refractivity contribution in [2.75, 3.05) is 18.5 Å². The largest absolute Gasteiger partial charge is 0.486 e. The van der Waals surface area contributed by atoms with Gasteiger partial charge in [0.1, 0.15) is 19.5 Å². The van der Waals surface area contributed by atoms with Gasteiger partial charge in [-0.1, -0.05) is 29.8 Å². The third kappa shape index (κ3) is 3.50. The molecule has 1 aromatic heterocycles. The van der Waals surface area contributed by atoms with Crippen LogP contribution in [0.1, 0.15) is 5.69 Å². The molecular weight excluding hydrogens is 356 g/mol. The van der Waals surface area contributed by atoms with Crippen molar-refractivity contribution in [3.63, 3.8) is 0 Å².